The van der Waals surface area contributed by atoms with Crippen LogP contribution in [0.25, 0.3) is 0 Å². The summed E-state index contributed by atoms with van der Waals surface area (Å²) in [7, 11) is 0. The van der Waals surface area contributed by atoms with E-state index in [9.17, 15) is 9.90 Å². The van der Waals surface area contributed by atoms with Gasteiger partial charge in [-0.1, -0.05) is 6.07 Å². The highest BCUT2D eigenvalue weighted by atomic mass is 16.5. The van der Waals surface area contributed by atoms with Crippen molar-refractivity contribution in [2.45, 2.75) is 45.1 Å². The van der Waals surface area contributed by atoms with Gasteiger partial charge in [0.2, 0.25) is 5.91 Å². The molecule has 5 nitrogen and oxygen atoms in total. The number of aryl methyl sites for hydroxylation is 2. The van der Waals surface area contributed by atoms with Gasteiger partial charge in [0, 0.05) is 6.54 Å². The van der Waals surface area contributed by atoms with Crippen LogP contribution < -0.4 is 4.74 Å². The predicted octanol–water partition coefficient (Wildman–Crippen LogP) is 2.13. The Hall–Kier alpha value is -1.59. The third-order valence-electron chi connectivity index (χ3n) is 5.45. The maximum Gasteiger partial charge on any atom is 0.236 e. The van der Waals surface area contributed by atoms with Crippen molar-refractivity contribution in [2.75, 3.05) is 39.3 Å². The number of piperidine rings is 1. The van der Waals surface area contributed by atoms with Crippen molar-refractivity contribution in [2.24, 2.45) is 0 Å². The van der Waals surface area contributed by atoms with Crippen LogP contribution in [0, 0.1) is 13.8 Å². The van der Waals surface area contributed by atoms with Crippen LogP contribution >= 0.6 is 0 Å². The van der Waals surface area contributed by atoms with Gasteiger partial charge in [0.05, 0.1) is 13.1 Å². The molecule has 2 heterocycles. The van der Waals surface area contributed by atoms with Gasteiger partial charge < -0.3 is 14.7 Å². The van der Waals surface area contributed by atoms with Crippen LogP contribution in [0.2, 0.25) is 0 Å². The van der Waals surface area contributed by atoms with Crippen LogP contribution in [0.3, 0.4) is 0 Å². The number of aliphatic hydroxyl groups is 1. The van der Waals surface area contributed by atoms with E-state index in [1.54, 1.807) is 0 Å². The van der Waals surface area contributed by atoms with Crippen LogP contribution in [-0.2, 0) is 4.79 Å². The highest BCUT2D eigenvalue weighted by molar-refractivity contribution is 5.78. The summed E-state index contributed by atoms with van der Waals surface area (Å²) < 4.78 is 5.85. The minimum atomic E-state index is -0.961. The Kier molecular flexibility index (Phi) is 5.64. The molecule has 1 aromatic rings. The number of hydrogen-bond donors (Lipinski definition) is 1. The molecule has 1 unspecified atom stereocenters. The Morgan fingerprint density at radius 2 is 1.92 bits per heavy atom. The second kappa shape index (κ2) is 7.75. The molecule has 0 aromatic heterocycles. The minimum absolute atomic E-state index is 0.131. The average molecular weight is 346 g/mol. The molecule has 1 atom stereocenters. The lowest BCUT2D eigenvalue weighted by molar-refractivity contribution is -0.141. The van der Waals surface area contributed by atoms with Crippen LogP contribution in [0.5, 0.6) is 5.75 Å². The molecule has 2 aliphatic heterocycles. The molecule has 1 N–H and O–H groups in total. The fourth-order valence-corrected chi connectivity index (χ4v) is 3.70. The first-order valence-electron chi connectivity index (χ1n) is 9.38. The molecule has 0 aliphatic carbocycles. The molecule has 1 aromatic carbocycles. The molecule has 2 saturated heterocycles. The molecule has 0 bridgehead atoms. The highest BCUT2D eigenvalue weighted by Crippen LogP contribution is 2.24. The first-order valence-corrected chi connectivity index (χ1v) is 9.38. The number of hydrogen-bond acceptors (Lipinski definition) is 4. The van der Waals surface area contributed by atoms with Gasteiger partial charge in [-0.05, 0) is 75.9 Å². The zero-order chi connectivity index (χ0) is 17.9. The number of amides is 1. The number of carbonyl (C=O) groups excluding carboxylic acids is 1. The van der Waals surface area contributed by atoms with Crippen molar-refractivity contribution in [3.05, 3.63) is 29.3 Å². The summed E-state index contributed by atoms with van der Waals surface area (Å²) in [6.45, 7) is 7.95. The molecule has 2 fully saturated rings. The van der Waals surface area contributed by atoms with Gasteiger partial charge in [-0.3, -0.25) is 9.69 Å². The third-order valence-corrected chi connectivity index (χ3v) is 5.45. The van der Waals surface area contributed by atoms with Gasteiger partial charge in [-0.25, -0.2) is 0 Å². The lowest BCUT2D eigenvalue weighted by Gasteiger charge is -2.39. The van der Waals surface area contributed by atoms with Crippen LogP contribution in [0.15, 0.2) is 18.2 Å². The third kappa shape index (κ3) is 4.73. The largest absolute Gasteiger partial charge is 0.491 e. The number of carbonyl (C=O) groups is 1. The summed E-state index contributed by atoms with van der Waals surface area (Å²) in [5.74, 6) is 0.906. The fraction of sp³-hybridized carbons (Fsp3) is 0.650. The number of β-amino-alcohol motifs (C(OH)–C–C–N with tert-alkyl or cyclic N) is 1. The summed E-state index contributed by atoms with van der Waals surface area (Å²) >= 11 is 0. The van der Waals surface area contributed by atoms with Crippen LogP contribution in [0.1, 0.15) is 36.8 Å². The lowest BCUT2D eigenvalue weighted by atomic mass is 9.93. The van der Waals surface area contributed by atoms with E-state index >= 15 is 0 Å². The van der Waals surface area contributed by atoms with Crippen LogP contribution in [0.4, 0.5) is 0 Å². The van der Waals surface area contributed by atoms with Gasteiger partial charge in [-0.15, -0.1) is 0 Å². The van der Waals surface area contributed by atoms with E-state index in [1.807, 2.05) is 23.1 Å². The molecule has 1 amide bonds. The highest BCUT2D eigenvalue weighted by Gasteiger charge is 2.36. The molecule has 0 radical (unpaired) electrons. The van der Waals surface area contributed by atoms with Gasteiger partial charge in [-0.2, -0.15) is 0 Å². The molecule has 0 saturated carbocycles. The number of rotatable bonds is 5. The number of nitrogens with zero attached hydrogens (tertiary/aromatic N) is 2. The average Bonchev–Trinajstić information content (AvgIpc) is 3.09. The molecule has 3 rings (SSSR count). The molecular formula is C20H30N2O3. The van der Waals surface area contributed by atoms with Gasteiger partial charge in [0.25, 0.3) is 0 Å². The quantitative estimate of drug-likeness (QED) is 0.887. The van der Waals surface area contributed by atoms with E-state index in [0.29, 0.717) is 19.5 Å². The van der Waals surface area contributed by atoms with E-state index in [1.165, 1.54) is 24.0 Å². The lowest BCUT2D eigenvalue weighted by Crippen LogP contribution is -2.54. The fourth-order valence-electron chi connectivity index (χ4n) is 3.70. The van der Waals surface area contributed by atoms with E-state index in [0.717, 1.165) is 31.8 Å². The number of ether oxygens (including phenoxy) is 1. The summed E-state index contributed by atoms with van der Waals surface area (Å²) in [5, 5.41) is 10.9. The summed E-state index contributed by atoms with van der Waals surface area (Å²) in [5.41, 5.74) is 1.44. The Balaban J connectivity index is 1.54. The van der Waals surface area contributed by atoms with Crippen molar-refractivity contribution in [1.82, 2.24) is 9.80 Å². The second-order valence-electron chi connectivity index (χ2n) is 7.66. The monoisotopic (exact) mass is 346 g/mol. The van der Waals surface area contributed by atoms with E-state index in [-0.39, 0.29) is 12.5 Å². The molecule has 2 aliphatic rings. The molecule has 25 heavy (non-hydrogen) atoms. The normalized spacial score (nSPS) is 24.5. The molecule has 138 valence electrons. The SMILES string of the molecule is Cc1ccc(OCC2(O)CCCN(C(=O)CN3CCCC3)C2)cc1C. The van der Waals surface area contributed by atoms with Gasteiger partial charge >= 0.3 is 0 Å². The Morgan fingerprint density at radius 1 is 1.16 bits per heavy atom. The van der Waals surface area contributed by atoms with Crippen molar-refractivity contribution >= 4 is 5.91 Å². The maximum atomic E-state index is 12.5. The summed E-state index contributed by atoms with van der Waals surface area (Å²) in [6.07, 6.45) is 3.85. The Labute approximate surface area is 150 Å². The van der Waals surface area contributed by atoms with Crippen molar-refractivity contribution < 1.29 is 14.6 Å². The topological polar surface area (TPSA) is 53.0 Å². The molecule has 0 spiro atoms. The van der Waals surface area contributed by atoms with Crippen molar-refractivity contribution in [3.8, 4) is 5.75 Å². The first kappa shape index (κ1) is 18.2. The summed E-state index contributed by atoms with van der Waals surface area (Å²) in [6, 6.07) is 5.96. The second-order valence-corrected chi connectivity index (χ2v) is 7.66. The van der Waals surface area contributed by atoms with Crippen molar-refractivity contribution in [3.63, 3.8) is 0 Å². The predicted molar refractivity (Wildman–Crippen MR) is 97.8 cm³/mol. The first-order chi connectivity index (χ1) is 12.0. The standard InChI is InChI=1S/C20H30N2O3/c1-16-6-7-18(12-17(16)2)25-15-20(24)8-5-11-22(14-20)19(23)13-21-9-3-4-10-21/h6-7,12,24H,3-5,8-11,13-15H2,1-2H3. The summed E-state index contributed by atoms with van der Waals surface area (Å²) in [4.78, 5) is 16.6. The van der Waals surface area contributed by atoms with Gasteiger partial charge in [0.15, 0.2) is 0 Å². The number of benzene rings is 1. The molecular weight excluding hydrogens is 316 g/mol. The smallest absolute Gasteiger partial charge is 0.236 e. The Bertz CT molecular complexity index is 613. The zero-order valence-corrected chi connectivity index (χ0v) is 15.5. The van der Waals surface area contributed by atoms with E-state index in [4.69, 9.17) is 4.74 Å². The van der Waals surface area contributed by atoms with Gasteiger partial charge in [0.1, 0.15) is 18.0 Å². The van der Waals surface area contributed by atoms with E-state index < -0.39 is 5.60 Å². The zero-order valence-electron chi connectivity index (χ0n) is 15.5. The Morgan fingerprint density at radius 3 is 2.64 bits per heavy atom. The van der Waals surface area contributed by atoms with Crippen molar-refractivity contribution in [1.29, 1.82) is 0 Å². The number of likely N-dealkylation sites (tertiary alicyclic amines) is 2. The van der Waals surface area contributed by atoms with E-state index in [2.05, 4.69) is 18.7 Å². The van der Waals surface area contributed by atoms with Crippen LogP contribution in [-0.4, -0.2) is 65.7 Å². The minimum Gasteiger partial charge on any atom is -0.491 e. The molecule has 5 heteroatoms. The maximum absolute atomic E-state index is 12.5.